The van der Waals surface area contributed by atoms with E-state index in [1.54, 1.807) is 17.5 Å². The van der Waals surface area contributed by atoms with Gasteiger partial charge in [0.1, 0.15) is 11.9 Å². The summed E-state index contributed by atoms with van der Waals surface area (Å²) < 4.78 is 2.01. The van der Waals surface area contributed by atoms with Crippen molar-refractivity contribution < 1.29 is 4.79 Å². The first-order chi connectivity index (χ1) is 9.18. The van der Waals surface area contributed by atoms with Crippen LogP contribution in [-0.4, -0.2) is 22.0 Å². The minimum atomic E-state index is -0.258. The van der Waals surface area contributed by atoms with Gasteiger partial charge >= 0.3 is 0 Å². The van der Waals surface area contributed by atoms with Crippen LogP contribution < -0.4 is 11.1 Å². The lowest BCUT2D eigenvalue weighted by atomic mass is 10.2. The number of nitrogens with one attached hydrogen (secondary N) is 1. The second-order valence-electron chi connectivity index (χ2n) is 4.37. The largest absolute Gasteiger partial charge is 0.370 e. The molecular formula is C13H18N4OS. The first kappa shape index (κ1) is 13.8. The normalized spacial score (nSPS) is 12.5. The maximum absolute atomic E-state index is 10.7. The van der Waals surface area contributed by atoms with Crippen molar-refractivity contribution in [2.24, 2.45) is 12.8 Å². The van der Waals surface area contributed by atoms with Gasteiger partial charge in [0, 0.05) is 30.7 Å². The van der Waals surface area contributed by atoms with Crippen LogP contribution in [0, 0.1) is 0 Å². The molecule has 0 aliphatic carbocycles. The molecule has 1 unspecified atom stereocenters. The summed E-state index contributed by atoms with van der Waals surface area (Å²) >= 11 is 1.69. The number of hydrogen-bond donors (Lipinski definition) is 2. The van der Waals surface area contributed by atoms with Crippen LogP contribution >= 0.6 is 11.3 Å². The predicted molar refractivity (Wildman–Crippen MR) is 75.8 cm³/mol. The number of carbonyl (C=O) groups excluding carboxylic acids is 1. The molecule has 0 aromatic carbocycles. The number of rotatable bonds is 7. The zero-order valence-corrected chi connectivity index (χ0v) is 11.7. The van der Waals surface area contributed by atoms with Gasteiger partial charge in [-0.3, -0.25) is 4.79 Å². The van der Waals surface area contributed by atoms with E-state index in [1.165, 1.54) is 4.88 Å². The molecule has 1 amide bonds. The van der Waals surface area contributed by atoms with Gasteiger partial charge in [0.2, 0.25) is 5.91 Å². The summed E-state index contributed by atoms with van der Waals surface area (Å²) in [4.78, 5) is 16.4. The fourth-order valence-electron chi connectivity index (χ4n) is 1.94. The summed E-state index contributed by atoms with van der Waals surface area (Å²) in [5.41, 5.74) is 5.14. The number of nitrogens with zero attached hydrogens (tertiary/aromatic N) is 2. The number of nitrogens with two attached hydrogens (primary N) is 1. The third kappa shape index (κ3) is 3.65. The first-order valence-electron chi connectivity index (χ1n) is 6.21. The quantitative estimate of drug-likeness (QED) is 0.752. The van der Waals surface area contributed by atoms with E-state index in [4.69, 9.17) is 5.73 Å². The third-order valence-corrected chi connectivity index (χ3v) is 3.83. The second-order valence-corrected chi connectivity index (χ2v) is 5.35. The number of aryl methyl sites for hydroxylation is 1. The number of carbonyl (C=O) groups is 1. The monoisotopic (exact) mass is 278 g/mol. The lowest BCUT2D eigenvalue weighted by molar-refractivity contribution is -0.118. The van der Waals surface area contributed by atoms with Crippen LogP contribution in [0.15, 0.2) is 29.9 Å². The van der Waals surface area contributed by atoms with Gasteiger partial charge in [-0.1, -0.05) is 6.07 Å². The Labute approximate surface area is 116 Å². The average Bonchev–Trinajstić information content (AvgIpc) is 3.01. The highest BCUT2D eigenvalue weighted by Gasteiger charge is 2.18. The van der Waals surface area contributed by atoms with E-state index >= 15 is 0 Å². The molecular weight excluding hydrogens is 260 g/mol. The summed E-state index contributed by atoms with van der Waals surface area (Å²) in [5, 5.41) is 5.49. The van der Waals surface area contributed by atoms with Gasteiger partial charge in [0.25, 0.3) is 0 Å². The molecule has 6 heteroatoms. The summed E-state index contributed by atoms with van der Waals surface area (Å²) in [5.74, 6) is 0.716. The van der Waals surface area contributed by atoms with Crippen molar-refractivity contribution in [3.63, 3.8) is 0 Å². The fourth-order valence-corrected chi connectivity index (χ4v) is 2.74. The van der Waals surface area contributed by atoms with Crippen molar-refractivity contribution in [3.8, 4) is 0 Å². The van der Waals surface area contributed by atoms with Gasteiger partial charge in [-0.2, -0.15) is 0 Å². The van der Waals surface area contributed by atoms with Crippen molar-refractivity contribution in [2.75, 3.05) is 6.54 Å². The highest BCUT2D eigenvalue weighted by Crippen LogP contribution is 2.24. The molecule has 0 aliphatic heterocycles. The zero-order chi connectivity index (χ0) is 13.7. The molecule has 2 rings (SSSR count). The Morgan fingerprint density at radius 2 is 2.47 bits per heavy atom. The van der Waals surface area contributed by atoms with E-state index in [0.29, 0.717) is 6.42 Å². The van der Waals surface area contributed by atoms with Gasteiger partial charge in [-0.15, -0.1) is 11.3 Å². The maximum atomic E-state index is 10.7. The van der Waals surface area contributed by atoms with Crippen molar-refractivity contribution in [2.45, 2.75) is 18.9 Å². The average molecular weight is 278 g/mol. The van der Waals surface area contributed by atoms with E-state index in [-0.39, 0.29) is 11.9 Å². The molecule has 5 nitrogen and oxygen atoms in total. The molecule has 0 bridgehead atoms. The summed E-state index contributed by atoms with van der Waals surface area (Å²) in [6, 6.07) is 4.18. The summed E-state index contributed by atoms with van der Waals surface area (Å²) in [6.07, 6.45) is 4.87. The third-order valence-electron chi connectivity index (χ3n) is 2.89. The van der Waals surface area contributed by atoms with Crippen LogP contribution in [0.4, 0.5) is 0 Å². The van der Waals surface area contributed by atoms with E-state index in [2.05, 4.69) is 21.7 Å². The number of imidazole rings is 1. The van der Waals surface area contributed by atoms with Crippen molar-refractivity contribution in [1.82, 2.24) is 14.9 Å². The number of amides is 1. The fraction of sp³-hybridized carbons (Fsp3) is 0.385. The van der Waals surface area contributed by atoms with Crippen LogP contribution in [0.25, 0.3) is 0 Å². The molecule has 19 heavy (non-hydrogen) atoms. The molecule has 2 heterocycles. The molecule has 0 saturated carbocycles. The van der Waals surface area contributed by atoms with Crippen LogP contribution in [-0.2, 0) is 11.8 Å². The zero-order valence-electron chi connectivity index (χ0n) is 10.9. The molecule has 2 aromatic rings. The Hall–Kier alpha value is -1.66. The van der Waals surface area contributed by atoms with E-state index in [0.717, 1.165) is 18.8 Å². The number of hydrogen-bond acceptors (Lipinski definition) is 4. The highest BCUT2D eigenvalue weighted by atomic mass is 32.1. The Morgan fingerprint density at radius 3 is 3.05 bits per heavy atom. The highest BCUT2D eigenvalue weighted by molar-refractivity contribution is 7.10. The van der Waals surface area contributed by atoms with Gasteiger partial charge in [0.15, 0.2) is 0 Å². The minimum Gasteiger partial charge on any atom is -0.370 e. The Balaban J connectivity index is 2.04. The van der Waals surface area contributed by atoms with E-state index in [1.807, 2.05) is 23.9 Å². The predicted octanol–water partition coefficient (Wildman–Crippen LogP) is 1.43. The van der Waals surface area contributed by atoms with Crippen LogP contribution in [0.5, 0.6) is 0 Å². The number of thiophene rings is 1. The molecule has 2 aromatic heterocycles. The SMILES string of the molecule is Cn1ccnc1C(NCCCC(N)=O)c1cccs1. The molecule has 0 spiro atoms. The second kappa shape index (κ2) is 6.49. The van der Waals surface area contributed by atoms with Gasteiger partial charge in [0.05, 0.1) is 0 Å². The van der Waals surface area contributed by atoms with E-state index < -0.39 is 0 Å². The number of aromatic nitrogens is 2. The molecule has 0 aliphatic rings. The van der Waals surface area contributed by atoms with Crippen LogP contribution in [0.2, 0.25) is 0 Å². The van der Waals surface area contributed by atoms with Crippen LogP contribution in [0.3, 0.4) is 0 Å². The van der Waals surface area contributed by atoms with Crippen molar-refractivity contribution >= 4 is 17.2 Å². The molecule has 0 saturated heterocycles. The molecule has 1 atom stereocenters. The summed E-state index contributed by atoms with van der Waals surface area (Å²) in [6.45, 7) is 0.734. The van der Waals surface area contributed by atoms with Crippen molar-refractivity contribution in [3.05, 3.63) is 40.6 Å². The Kier molecular flexibility index (Phi) is 4.70. The molecule has 0 radical (unpaired) electrons. The first-order valence-corrected chi connectivity index (χ1v) is 7.08. The molecule has 102 valence electrons. The topological polar surface area (TPSA) is 72.9 Å². The number of primary amides is 1. The van der Waals surface area contributed by atoms with Gasteiger partial charge < -0.3 is 15.6 Å². The van der Waals surface area contributed by atoms with Gasteiger partial charge in [-0.05, 0) is 24.4 Å². The maximum Gasteiger partial charge on any atom is 0.217 e. The van der Waals surface area contributed by atoms with Crippen LogP contribution in [0.1, 0.15) is 29.6 Å². The van der Waals surface area contributed by atoms with Crippen molar-refractivity contribution in [1.29, 1.82) is 0 Å². The lowest BCUT2D eigenvalue weighted by Crippen LogP contribution is -2.26. The Bertz CT molecular complexity index is 520. The van der Waals surface area contributed by atoms with E-state index in [9.17, 15) is 4.79 Å². The summed E-state index contributed by atoms with van der Waals surface area (Å²) in [7, 11) is 1.98. The smallest absolute Gasteiger partial charge is 0.217 e. The lowest BCUT2D eigenvalue weighted by Gasteiger charge is -2.17. The minimum absolute atomic E-state index is 0.0628. The Morgan fingerprint density at radius 1 is 1.63 bits per heavy atom. The standard InChI is InChI=1S/C13H18N4OS/c1-17-8-7-16-13(17)12(10-4-3-9-19-10)15-6-2-5-11(14)18/h3-4,7-9,12,15H,2,5-6H2,1H3,(H2,14,18). The van der Waals surface area contributed by atoms with Gasteiger partial charge in [-0.25, -0.2) is 4.98 Å². The molecule has 3 N–H and O–H groups in total. The molecule has 0 fully saturated rings.